The predicted octanol–water partition coefficient (Wildman–Crippen LogP) is 3.96. The quantitative estimate of drug-likeness (QED) is 0.564. The fourth-order valence-electron chi connectivity index (χ4n) is 0.391. The van der Waals surface area contributed by atoms with E-state index in [4.69, 9.17) is 0 Å². The molecule has 0 nitrogen and oxygen atoms in total. The average molecular weight is 162 g/mol. The van der Waals surface area contributed by atoms with Crippen LogP contribution in [0.15, 0.2) is 0 Å². The summed E-state index contributed by atoms with van der Waals surface area (Å²) in [6, 6.07) is 0. The molecule has 64 valence electrons. The lowest BCUT2D eigenvalue weighted by Gasteiger charge is -1.91. The standard InChI is InChI=1S/C6H14S.C3H8/c1-3-5-7-6-4-2;1-3-2/h3-6H2,1-2H3;3H2,1-2H3. The van der Waals surface area contributed by atoms with Gasteiger partial charge in [0.15, 0.2) is 0 Å². The zero-order valence-corrected chi connectivity index (χ0v) is 8.76. The first-order chi connectivity index (χ1) is 4.83. The molecule has 1 heteroatoms. The molecule has 0 rings (SSSR count). The van der Waals surface area contributed by atoms with E-state index in [1.807, 2.05) is 0 Å². The van der Waals surface area contributed by atoms with E-state index in [-0.39, 0.29) is 0 Å². The van der Waals surface area contributed by atoms with Gasteiger partial charge in [-0.3, -0.25) is 0 Å². The lowest BCUT2D eigenvalue weighted by Crippen LogP contribution is -1.76. The van der Waals surface area contributed by atoms with Crippen LogP contribution in [0.2, 0.25) is 0 Å². The molecular formula is C9H22S. The smallest absolute Gasteiger partial charge is 0.00702 e. The van der Waals surface area contributed by atoms with Crippen molar-refractivity contribution >= 4 is 11.8 Å². The summed E-state index contributed by atoms with van der Waals surface area (Å²) in [7, 11) is 0. The fourth-order valence-corrected chi connectivity index (χ4v) is 1.17. The van der Waals surface area contributed by atoms with E-state index < -0.39 is 0 Å². The third kappa shape index (κ3) is 23.8. The van der Waals surface area contributed by atoms with Crippen LogP contribution >= 0.6 is 11.8 Å². The summed E-state index contributed by atoms with van der Waals surface area (Å²) in [5.74, 6) is 2.68. The molecule has 0 radical (unpaired) electrons. The Balaban J connectivity index is 0. The summed E-state index contributed by atoms with van der Waals surface area (Å²) in [4.78, 5) is 0. The van der Waals surface area contributed by atoms with E-state index >= 15 is 0 Å². The third-order valence-electron chi connectivity index (χ3n) is 0.697. The van der Waals surface area contributed by atoms with Gasteiger partial charge in [-0.1, -0.05) is 34.1 Å². The first-order valence-electron chi connectivity index (χ1n) is 4.41. The van der Waals surface area contributed by atoms with Crippen LogP contribution in [0.1, 0.15) is 47.0 Å². The van der Waals surface area contributed by atoms with Gasteiger partial charge in [-0.25, -0.2) is 0 Å². The van der Waals surface area contributed by atoms with E-state index in [0.717, 1.165) is 0 Å². The highest BCUT2D eigenvalue weighted by Crippen LogP contribution is 2.02. The second-order valence-electron chi connectivity index (χ2n) is 2.32. The van der Waals surface area contributed by atoms with Crippen molar-refractivity contribution in [1.82, 2.24) is 0 Å². The van der Waals surface area contributed by atoms with Crippen molar-refractivity contribution in [3.8, 4) is 0 Å². The highest BCUT2D eigenvalue weighted by atomic mass is 32.2. The van der Waals surface area contributed by atoms with E-state index in [0.29, 0.717) is 0 Å². The van der Waals surface area contributed by atoms with Crippen molar-refractivity contribution in [2.75, 3.05) is 11.5 Å². The lowest BCUT2D eigenvalue weighted by atomic mass is 10.6. The molecule has 0 spiro atoms. The zero-order valence-electron chi connectivity index (χ0n) is 7.94. The zero-order chi connectivity index (χ0) is 8.24. The molecule has 0 saturated heterocycles. The normalized spacial score (nSPS) is 8.40. The molecule has 0 atom stereocenters. The molecule has 0 aromatic heterocycles. The second-order valence-corrected chi connectivity index (χ2v) is 3.54. The van der Waals surface area contributed by atoms with Gasteiger partial charge in [-0.05, 0) is 24.3 Å². The monoisotopic (exact) mass is 162 g/mol. The Bertz CT molecular complexity index is 31.7. The van der Waals surface area contributed by atoms with Crippen molar-refractivity contribution in [3.63, 3.8) is 0 Å². The van der Waals surface area contributed by atoms with E-state index in [1.54, 1.807) is 0 Å². The summed E-state index contributed by atoms with van der Waals surface area (Å²) < 4.78 is 0. The fraction of sp³-hybridized carbons (Fsp3) is 1.00. The maximum Gasteiger partial charge on any atom is -0.00702 e. The molecule has 10 heavy (non-hydrogen) atoms. The highest BCUT2D eigenvalue weighted by Gasteiger charge is 1.79. The van der Waals surface area contributed by atoms with Gasteiger partial charge in [-0.15, -0.1) is 0 Å². The molecule has 0 aliphatic rings. The number of thioether (sulfide) groups is 1. The second kappa shape index (κ2) is 16.2. The molecule has 0 heterocycles. The van der Waals surface area contributed by atoms with E-state index in [1.165, 1.54) is 30.8 Å². The van der Waals surface area contributed by atoms with Crippen LogP contribution in [0.3, 0.4) is 0 Å². The van der Waals surface area contributed by atoms with Crippen molar-refractivity contribution in [1.29, 1.82) is 0 Å². The molecular weight excluding hydrogens is 140 g/mol. The third-order valence-corrected chi connectivity index (χ3v) is 2.09. The van der Waals surface area contributed by atoms with Gasteiger partial charge in [-0.2, -0.15) is 11.8 Å². The van der Waals surface area contributed by atoms with Crippen LogP contribution in [0.25, 0.3) is 0 Å². The summed E-state index contributed by atoms with van der Waals surface area (Å²) in [5.41, 5.74) is 0. The molecule has 0 aromatic carbocycles. The Morgan fingerprint density at radius 3 is 1.30 bits per heavy atom. The Labute approximate surface area is 70.8 Å². The van der Waals surface area contributed by atoms with Gasteiger partial charge in [0.25, 0.3) is 0 Å². The van der Waals surface area contributed by atoms with Crippen molar-refractivity contribution in [2.45, 2.75) is 47.0 Å². The molecule has 0 aliphatic carbocycles. The minimum Gasteiger partial charge on any atom is -0.162 e. The van der Waals surface area contributed by atoms with Gasteiger partial charge < -0.3 is 0 Å². The molecule has 0 amide bonds. The Morgan fingerprint density at radius 2 is 1.10 bits per heavy atom. The van der Waals surface area contributed by atoms with Crippen LogP contribution in [0.4, 0.5) is 0 Å². The number of rotatable bonds is 4. The topological polar surface area (TPSA) is 0 Å². The number of hydrogen-bond acceptors (Lipinski definition) is 1. The highest BCUT2D eigenvalue weighted by molar-refractivity contribution is 7.99. The van der Waals surface area contributed by atoms with Gasteiger partial charge in [0.05, 0.1) is 0 Å². The van der Waals surface area contributed by atoms with Crippen molar-refractivity contribution in [3.05, 3.63) is 0 Å². The first kappa shape index (κ1) is 13.0. The van der Waals surface area contributed by atoms with Gasteiger partial charge >= 0.3 is 0 Å². The van der Waals surface area contributed by atoms with Crippen molar-refractivity contribution in [2.24, 2.45) is 0 Å². The summed E-state index contributed by atoms with van der Waals surface area (Å²) in [6.07, 6.45) is 3.90. The lowest BCUT2D eigenvalue weighted by molar-refractivity contribution is 1.07. The van der Waals surface area contributed by atoms with E-state index in [2.05, 4.69) is 39.5 Å². The molecule has 0 N–H and O–H groups in total. The van der Waals surface area contributed by atoms with E-state index in [9.17, 15) is 0 Å². The first-order valence-corrected chi connectivity index (χ1v) is 5.56. The Hall–Kier alpha value is 0.350. The van der Waals surface area contributed by atoms with Gasteiger partial charge in [0.1, 0.15) is 0 Å². The summed E-state index contributed by atoms with van der Waals surface area (Å²) in [6.45, 7) is 8.70. The SMILES string of the molecule is CCC.CCCSCCC. The predicted molar refractivity (Wildman–Crippen MR) is 53.9 cm³/mol. The summed E-state index contributed by atoms with van der Waals surface area (Å²) >= 11 is 2.05. The maximum absolute atomic E-state index is 2.22. The Morgan fingerprint density at radius 1 is 0.800 bits per heavy atom. The van der Waals surface area contributed by atoms with Crippen LogP contribution < -0.4 is 0 Å². The van der Waals surface area contributed by atoms with Crippen LogP contribution in [-0.2, 0) is 0 Å². The number of hydrogen-bond donors (Lipinski definition) is 0. The molecule has 0 fully saturated rings. The molecule has 0 aliphatic heterocycles. The minimum atomic E-state index is 1.25. The summed E-state index contributed by atoms with van der Waals surface area (Å²) in [5, 5.41) is 0. The average Bonchev–Trinajstić information content (AvgIpc) is 1.91. The molecule has 0 saturated carbocycles. The van der Waals surface area contributed by atoms with Crippen molar-refractivity contribution < 1.29 is 0 Å². The van der Waals surface area contributed by atoms with Gasteiger partial charge in [0, 0.05) is 0 Å². The molecule has 0 aromatic rings. The molecule has 0 bridgehead atoms. The van der Waals surface area contributed by atoms with Crippen LogP contribution in [0, 0.1) is 0 Å². The Kier molecular flexibility index (Phi) is 21.0. The largest absolute Gasteiger partial charge is 0.162 e. The maximum atomic E-state index is 2.22. The van der Waals surface area contributed by atoms with Crippen LogP contribution in [-0.4, -0.2) is 11.5 Å². The van der Waals surface area contributed by atoms with Crippen LogP contribution in [0.5, 0.6) is 0 Å². The molecule has 0 unspecified atom stereocenters. The van der Waals surface area contributed by atoms with Gasteiger partial charge in [0.2, 0.25) is 0 Å². The minimum absolute atomic E-state index is 1.25.